The Morgan fingerprint density at radius 2 is 1.67 bits per heavy atom. The number of carbonyl (C=O) groups is 1. The van der Waals surface area contributed by atoms with Gasteiger partial charge >= 0.3 is 0 Å². The minimum atomic E-state index is 0.0822. The summed E-state index contributed by atoms with van der Waals surface area (Å²) in [6.45, 7) is 10.7. The number of hydrogen-bond acceptors (Lipinski definition) is 4. The molecule has 3 heterocycles. The average molecular weight is 485 g/mol. The van der Waals surface area contributed by atoms with Crippen LogP contribution in [-0.2, 0) is 24.2 Å². The SMILES string of the molecule is CC.CC(=O)N1Cc2ccc(-c3cccc(NCCN4CCCC4)n3)cc2CCCc2ccccc21. The van der Waals surface area contributed by atoms with Gasteiger partial charge in [-0.3, -0.25) is 4.79 Å². The minimum absolute atomic E-state index is 0.0822. The van der Waals surface area contributed by atoms with Gasteiger partial charge in [-0.15, -0.1) is 0 Å². The molecule has 5 rings (SSSR count). The molecule has 0 radical (unpaired) electrons. The monoisotopic (exact) mass is 484 g/mol. The summed E-state index contributed by atoms with van der Waals surface area (Å²) in [5.74, 6) is 1.01. The Bertz CT molecular complexity index is 1150. The first kappa shape index (κ1) is 25.9. The van der Waals surface area contributed by atoms with Gasteiger partial charge in [-0.05, 0) is 86.1 Å². The molecule has 0 unspecified atom stereocenters. The maximum atomic E-state index is 12.6. The number of anilines is 2. The molecule has 190 valence electrons. The fourth-order valence-corrected chi connectivity index (χ4v) is 5.21. The molecule has 1 amide bonds. The number of hydrogen-bond donors (Lipinski definition) is 1. The fraction of sp³-hybridized carbons (Fsp3) is 0.419. The predicted octanol–water partition coefficient (Wildman–Crippen LogP) is 6.32. The van der Waals surface area contributed by atoms with Crippen LogP contribution < -0.4 is 10.2 Å². The molecular formula is C31H40N4O. The number of para-hydroxylation sites is 1. The Morgan fingerprint density at radius 3 is 2.47 bits per heavy atom. The van der Waals surface area contributed by atoms with Crippen LogP contribution in [0.1, 0.15) is 56.7 Å². The van der Waals surface area contributed by atoms with E-state index in [9.17, 15) is 4.79 Å². The van der Waals surface area contributed by atoms with Gasteiger partial charge in [0.15, 0.2) is 0 Å². The molecule has 1 aromatic heterocycles. The summed E-state index contributed by atoms with van der Waals surface area (Å²) in [5.41, 5.74) is 6.94. The molecule has 3 aromatic rings. The van der Waals surface area contributed by atoms with Gasteiger partial charge in [0.1, 0.15) is 5.82 Å². The number of aryl methyl sites for hydroxylation is 2. The first-order valence-electron chi connectivity index (χ1n) is 13.6. The number of benzene rings is 2. The number of fused-ring (bicyclic) bond motifs is 2. The van der Waals surface area contributed by atoms with Crippen LogP contribution in [0.5, 0.6) is 0 Å². The summed E-state index contributed by atoms with van der Waals surface area (Å²) in [5, 5.41) is 3.50. The average Bonchev–Trinajstić information content (AvgIpc) is 3.45. The first-order valence-corrected chi connectivity index (χ1v) is 13.6. The molecular weight excluding hydrogens is 444 g/mol. The van der Waals surface area contributed by atoms with Crippen LogP contribution in [0.15, 0.2) is 60.7 Å². The summed E-state index contributed by atoms with van der Waals surface area (Å²) >= 11 is 0. The fourth-order valence-electron chi connectivity index (χ4n) is 5.21. The Hall–Kier alpha value is -3.18. The van der Waals surface area contributed by atoms with Crippen LogP contribution in [-0.4, -0.2) is 42.0 Å². The van der Waals surface area contributed by atoms with E-state index in [2.05, 4.69) is 58.7 Å². The second-order valence-corrected chi connectivity index (χ2v) is 9.45. The highest BCUT2D eigenvalue weighted by atomic mass is 16.2. The van der Waals surface area contributed by atoms with E-state index >= 15 is 0 Å². The molecule has 1 N–H and O–H groups in total. The molecule has 0 atom stereocenters. The Labute approximate surface area is 216 Å². The molecule has 1 fully saturated rings. The van der Waals surface area contributed by atoms with Crippen LogP contribution >= 0.6 is 0 Å². The standard InChI is InChI=1S/C29H34N4O.C2H6/c1-22(34)33-21-26-15-14-25(20-24(26)10-6-9-23-8-2-3-12-28(23)33)27-11-7-13-29(31-27)30-16-19-32-17-4-5-18-32;1-2/h2-3,7-8,11-15,20H,4-6,9-10,16-19,21H2,1H3,(H,30,31);1-2H3. The van der Waals surface area contributed by atoms with Gasteiger partial charge in [-0.1, -0.05) is 50.2 Å². The third-order valence-corrected chi connectivity index (χ3v) is 7.07. The van der Waals surface area contributed by atoms with Crippen molar-refractivity contribution in [3.05, 3.63) is 77.4 Å². The second kappa shape index (κ2) is 12.7. The van der Waals surface area contributed by atoms with E-state index in [1.54, 1.807) is 6.92 Å². The molecule has 0 bridgehead atoms. The molecule has 2 aliphatic heterocycles. The smallest absolute Gasteiger partial charge is 0.224 e. The zero-order chi connectivity index (χ0) is 25.3. The van der Waals surface area contributed by atoms with E-state index in [-0.39, 0.29) is 5.91 Å². The Balaban J connectivity index is 0.00000148. The summed E-state index contributed by atoms with van der Waals surface area (Å²) in [6.07, 6.45) is 5.67. The largest absolute Gasteiger partial charge is 0.369 e. The lowest BCUT2D eigenvalue weighted by Crippen LogP contribution is -2.28. The van der Waals surface area contributed by atoms with Gasteiger partial charge in [0.05, 0.1) is 12.2 Å². The quantitative estimate of drug-likeness (QED) is 0.460. The molecule has 2 aromatic carbocycles. The predicted molar refractivity (Wildman–Crippen MR) is 151 cm³/mol. The van der Waals surface area contributed by atoms with E-state index < -0.39 is 0 Å². The topological polar surface area (TPSA) is 48.5 Å². The van der Waals surface area contributed by atoms with Crippen molar-refractivity contribution in [3.63, 3.8) is 0 Å². The maximum absolute atomic E-state index is 12.6. The molecule has 0 spiro atoms. The van der Waals surface area contributed by atoms with Gasteiger partial charge < -0.3 is 15.1 Å². The summed E-state index contributed by atoms with van der Waals surface area (Å²) in [7, 11) is 0. The van der Waals surface area contributed by atoms with Crippen molar-refractivity contribution in [1.82, 2.24) is 9.88 Å². The normalized spacial score (nSPS) is 15.5. The van der Waals surface area contributed by atoms with Crippen molar-refractivity contribution in [2.75, 3.05) is 36.4 Å². The maximum Gasteiger partial charge on any atom is 0.224 e. The molecule has 0 aliphatic carbocycles. The van der Waals surface area contributed by atoms with E-state index in [4.69, 9.17) is 4.98 Å². The molecule has 2 aliphatic rings. The van der Waals surface area contributed by atoms with Crippen molar-refractivity contribution in [1.29, 1.82) is 0 Å². The highest BCUT2D eigenvalue weighted by Gasteiger charge is 2.19. The lowest BCUT2D eigenvalue weighted by atomic mass is 9.97. The van der Waals surface area contributed by atoms with E-state index in [0.717, 1.165) is 55.1 Å². The highest BCUT2D eigenvalue weighted by molar-refractivity contribution is 5.92. The van der Waals surface area contributed by atoms with Crippen molar-refractivity contribution < 1.29 is 4.79 Å². The number of amides is 1. The van der Waals surface area contributed by atoms with Gasteiger partial charge in [0.25, 0.3) is 0 Å². The minimum Gasteiger partial charge on any atom is -0.369 e. The van der Waals surface area contributed by atoms with E-state index in [1.165, 1.54) is 42.6 Å². The van der Waals surface area contributed by atoms with Crippen LogP contribution in [0.3, 0.4) is 0 Å². The van der Waals surface area contributed by atoms with E-state index in [1.807, 2.05) is 30.9 Å². The van der Waals surface area contributed by atoms with Gasteiger partial charge in [-0.25, -0.2) is 4.98 Å². The van der Waals surface area contributed by atoms with Gasteiger partial charge in [0, 0.05) is 31.3 Å². The third kappa shape index (κ3) is 6.33. The zero-order valence-electron chi connectivity index (χ0n) is 22.1. The first-order chi connectivity index (χ1) is 17.7. The van der Waals surface area contributed by atoms with E-state index in [0.29, 0.717) is 6.54 Å². The van der Waals surface area contributed by atoms with Crippen LogP contribution in [0.4, 0.5) is 11.5 Å². The highest BCUT2D eigenvalue weighted by Crippen LogP contribution is 2.30. The number of nitrogens with zero attached hydrogens (tertiary/aromatic N) is 3. The number of aromatic nitrogens is 1. The number of rotatable bonds is 5. The zero-order valence-corrected chi connectivity index (χ0v) is 22.1. The Kier molecular flexibility index (Phi) is 9.12. The number of nitrogens with one attached hydrogen (secondary N) is 1. The van der Waals surface area contributed by atoms with Crippen LogP contribution in [0.2, 0.25) is 0 Å². The number of carbonyl (C=O) groups excluding carboxylic acids is 1. The second-order valence-electron chi connectivity index (χ2n) is 9.45. The molecule has 5 heteroatoms. The molecule has 0 saturated carbocycles. The van der Waals surface area contributed by atoms with Gasteiger partial charge in [-0.2, -0.15) is 0 Å². The van der Waals surface area contributed by atoms with Gasteiger partial charge in [0.2, 0.25) is 5.91 Å². The number of pyridine rings is 1. The van der Waals surface area contributed by atoms with Crippen molar-refractivity contribution in [2.24, 2.45) is 0 Å². The van der Waals surface area contributed by atoms with Crippen LogP contribution in [0.25, 0.3) is 11.3 Å². The summed E-state index contributed by atoms with van der Waals surface area (Å²) < 4.78 is 0. The summed E-state index contributed by atoms with van der Waals surface area (Å²) in [6, 6.07) is 21.1. The van der Waals surface area contributed by atoms with Crippen molar-refractivity contribution >= 4 is 17.4 Å². The van der Waals surface area contributed by atoms with Crippen LogP contribution in [0, 0.1) is 0 Å². The van der Waals surface area contributed by atoms with Crippen molar-refractivity contribution in [2.45, 2.75) is 59.4 Å². The number of likely N-dealkylation sites (tertiary alicyclic amines) is 1. The third-order valence-electron chi connectivity index (χ3n) is 7.07. The molecule has 36 heavy (non-hydrogen) atoms. The molecule has 5 nitrogen and oxygen atoms in total. The molecule has 1 saturated heterocycles. The Morgan fingerprint density at radius 1 is 0.889 bits per heavy atom. The van der Waals surface area contributed by atoms with Crippen molar-refractivity contribution in [3.8, 4) is 11.3 Å². The summed E-state index contributed by atoms with van der Waals surface area (Å²) in [4.78, 5) is 21.9. The lowest BCUT2D eigenvalue weighted by Gasteiger charge is -2.24. The lowest BCUT2D eigenvalue weighted by molar-refractivity contribution is -0.116.